The lowest BCUT2D eigenvalue weighted by Gasteiger charge is -2.21. The molecule has 0 saturated heterocycles. The molecule has 0 spiro atoms. The monoisotopic (exact) mass is 357 g/mol. The summed E-state index contributed by atoms with van der Waals surface area (Å²) in [6, 6.07) is 16.7. The van der Waals surface area contributed by atoms with E-state index in [1.165, 1.54) is 22.0 Å². The van der Waals surface area contributed by atoms with Crippen molar-refractivity contribution in [1.82, 2.24) is 9.97 Å². The first-order valence-electron chi connectivity index (χ1n) is 9.29. The fourth-order valence-corrected chi connectivity index (χ4v) is 4.04. The lowest BCUT2D eigenvalue weighted by atomic mass is 10.0. The number of amides is 1. The van der Waals surface area contributed by atoms with Crippen LogP contribution in [-0.2, 0) is 17.8 Å². The first-order valence-corrected chi connectivity index (χ1v) is 9.29. The third-order valence-electron chi connectivity index (χ3n) is 5.48. The number of anilines is 2. The van der Waals surface area contributed by atoms with Crippen LogP contribution in [-0.4, -0.2) is 22.4 Å². The number of quaternary nitrogens is 1. The Morgan fingerprint density at radius 3 is 2.85 bits per heavy atom. The maximum atomic E-state index is 11.9. The van der Waals surface area contributed by atoms with Crippen molar-refractivity contribution in [2.75, 3.05) is 11.9 Å². The third kappa shape index (κ3) is 2.76. The lowest BCUT2D eigenvalue weighted by Crippen LogP contribution is -3.13. The summed E-state index contributed by atoms with van der Waals surface area (Å²) in [6.07, 6.45) is 2.69. The Hall–Kier alpha value is -3.18. The van der Waals surface area contributed by atoms with Gasteiger partial charge in [0.1, 0.15) is 12.2 Å². The second-order valence-electron chi connectivity index (χ2n) is 7.19. The van der Waals surface area contributed by atoms with Gasteiger partial charge in [0.2, 0.25) is 0 Å². The average Bonchev–Trinajstić information content (AvgIpc) is 3.06. The number of nitrogens with one attached hydrogen (secondary N) is 3. The van der Waals surface area contributed by atoms with E-state index in [1.807, 2.05) is 12.3 Å². The molecule has 134 valence electrons. The number of hydrogen-bond donors (Lipinski definition) is 3. The Morgan fingerprint density at radius 2 is 2.00 bits per heavy atom. The number of rotatable bonds is 2. The summed E-state index contributed by atoms with van der Waals surface area (Å²) in [5.41, 5.74) is 5.36. The van der Waals surface area contributed by atoms with E-state index in [0.717, 1.165) is 40.3 Å². The van der Waals surface area contributed by atoms with Gasteiger partial charge in [0.15, 0.2) is 0 Å². The fraction of sp³-hybridized carbons (Fsp3) is 0.182. The standard InChI is InChI=1S/C22H20N4O/c1-14(27)26-11-9-19-18(13-26)21-20(8-10-23-22(21)25-19)24-17-7-6-15-4-2-3-5-16(15)12-17/h2-8,10,12H,9,11,13H2,1H3,(H2,23,24,25)/p+1. The SMILES string of the molecule is CC(=O)[NH+]1CCc2[nH]c3nccc(Nc4ccc5ccccc5c4)c3c2C1. The molecule has 1 aliphatic rings. The molecule has 1 amide bonds. The summed E-state index contributed by atoms with van der Waals surface area (Å²) in [6.45, 7) is 3.22. The number of aromatic amines is 1. The molecular formula is C22H21N4O+. The molecule has 27 heavy (non-hydrogen) atoms. The Labute approximate surface area is 157 Å². The molecule has 2 aromatic heterocycles. The second kappa shape index (κ2) is 6.21. The molecule has 5 rings (SSSR count). The normalized spacial score (nSPS) is 16.4. The summed E-state index contributed by atoms with van der Waals surface area (Å²) < 4.78 is 0. The van der Waals surface area contributed by atoms with Crippen LogP contribution in [0.2, 0.25) is 0 Å². The summed E-state index contributed by atoms with van der Waals surface area (Å²) in [4.78, 5) is 20.9. The zero-order valence-electron chi connectivity index (χ0n) is 15.2. The highest BCUT2D eigenvalue weighted by Crippen LogP contribution is 2.32. The van der Waals surface area contributed by atoms with Crippen molar-refractivity contribution in [3.05, 3.63) is 66.0 Å². The van der Waals surface area contributed by atoms with Crippen molar-refractivity contribution in [3.63, 3.8) is 0 Å². The van der Waals surface area contributed by atoms with Crippen LogP contribution in [0, 0.1) is 0 Å². The van der Waals surface area contributed by atoms with E-state index in [2.05, 4.69) is 57.7 Å². The average molecular weight is 357 g/mol. The molecule has 5 nitrogen and oxygen atoms in total. The van der Waals surface area contributed by atoms with Gasteiger partial charge in [0.05, 0.1) is 24.5 Å². The van der Waals surface area contributed by atoms with Gasteiger partial charge in [0.25, 0.3) is 0 Å². The Balaban J connectivity index is 1.58. The van der Waals surface area contributed by atoms with Gasteiger partial charge in [0, 0.05) is 29.6 Å². The molecule has 1 unspecified atom stereocenters. The van der Waals surface area contributed by atoms with E-state index in [-0.39, 0.29) is 5.91 Å². The summed E-state index contributed by atoms with van der Waals surface area (Å²) >= 11 is 0. The van der Waals surface area contributed by atoms with E-state index < -0.39 is 0 Å². The van der Waals surface area contributed by atoms with Crippen molar-refractivity contribution in [1.29, 1.82) is 0 Å². The van der Waals surface area contributed by atoms with Crippen molar-refractivity contribution in [2.24, 2.45) is 0 Å². The number of aromatic nitrogens is 2. The zero-order chi connectivity index (χ0) is 18.4. The van der Waals surface area contributed by atoms with Crippen molar-refractivity contribution in [2.45, 2.75) is 19.9 Å². The molecule has 3 N–H and O–H groups in total. The van der Waals surface area contributed by atoms with Gasteiger partial charge >= 0.3 is 5.91 Å². The van der Waals surface area contributed by atoms with E-state index in [0.29, 0.717) is 6.54 Å². The Kier molecular flexibility index (Phi) is 3.69. The minimum Gasteiger partial charge on any atom is -0.355 e. The van der Waals surface area contributed by atoms with E-state index >= 15 is 0 Å². The summed E-state index contributed by atoms with van der Waals surface area (Å²) in [5, 5.41) is 7.09. The predicted molar refractivity (Wildman–Crippen MR) is 107 cm³/mol. The Morgan fingerprint density at radius 1 is 1.15 bits per heavy atom. The molecule has 3 heterocycles. The van der Waals surface area contributed by atoms with Crippen molar-refractivity contribution >= 4 is 39.1 Å². The number of carbonyl (C=O) groups excluding carboxylic acids is 1. The van der Waals surface area contributed by atoms with Crippen LogP contribution in [0.3, 0.4) is 0 Å². The summed E-state index contributed by atoms with van der Waals surface area (Å²) in [5.74, 6) is 0.197. The number of H-pyrrole nitrogens is 1. The second-order valence-corrected chi connectivity index (χ2v) is 7.19. The number of hydrogen-bond acceptors (Lipinski definition) is 3. The number of pyridine rings is 1. The highest BCUT2D eigenvalue weighted by atomic mass is 16.2. The van der Waals surface area contributed by atoms with Gasteiger partial charge in [-0.2, -0.15) is 0 Å². The van der Waals surface area contributed by atoms with Crippen LogP contribution in [0.15, 0.2) is 54.7 Å². The van der Waals surface area contributed by atoms with Crippen LogP contribution in [0.5, 0.6) is 0 Å². The fourth-order valence-electron chi connectivity index (χ4n) is 4.04. The number of carbonyl (C=O) groups is 1. The smallest absolute Gasteiger partial charge is 0.309 e. The molecule has 0 bridgehead atoms. The van der Waals surface area contributed by atoms with E-state index in [1.54, 1.807) is 6.92 Å². The molecule has 4 aromatic rings. The minimum atomic E-state index is 0.197. The van der Waals surface area contributed by atoms with Crippen molar-refractivity contribution in [3.8, 4) is 0 Å². The molecule has 2 aromatic carbocycles. The molecule has 1 aliphatic heterocycles. The molecular weight excluding hydrogens is 336 g/mol. The maximum absolute atomic E-state index is 11.9. The Bertz CT molecular complexity index is 1180. The predicted octanol–water partition coefficient (Wildman–Crippen LogP) is 2.95. The number of nitrogens with zero attached hydrogens (tertiary/aromatic N) is 1. The van der Waals surface area contributed by atoms with Crippen LogP contribution >= 0.6 is 0 Å². The molecule has 0 radical (unpaired) electrons. The van der Waals surface area contributed by atoms with Crippen molar-refractivity contribution < 1.29 is 9.69 Å². The van der Waals surface area contributed by atoms with Gasteiger partial charge in [-0.25, -0.2) is 9.78 Å². The van der Waals surface area contributed by atoms with Crippen LogP contribution in [0.25, 0.3) is 21.8 Å². The topological polar surface area (TPSA) is 62.2 Å². The van der Waals surface area contributed by atoms with Gasteiger partial charge in [-0.1, -0.05) is 30.3 Å². The zero-order valence-corrected chi connectivity index (χ0v) is 15.2. The largest absolute Gasteiger partial charge is 0.355 e. The van der Waals surface area contributed by atoms with Crippen LogP contribution in [0.4, 0.5) is 11.4 Å². The molecule has 0 saturated carbocycles. The van der Waals surface area contributed by atoms with Crippen LogP contribution in [0.1, 0.15) is 18.2 Å². The minimum absolute atomic E-state index is 0.197. The molecule has 1 atom stereocenters. The number of benzene rings is 2. The number of fused-ring (bicyclic) bond motifs is 4. The molecule has 5 heteroatoms. The first-order chi connectivity index (χ1) is 13.2. The van der Waals surface area contributed by atoms with E-state index in [9.17, 15) is 4.79 Å². The molecule has 0 aliphatic carbocycles. The highest BCUT2D eigenvalue weighted by Gasteiger charge is 2.27. The summed E-state index contributed by atoms with van der Waals surface area (Å²) in [7, 11) is 0. The third-order valence-corrected chi connectivity index (χ3v) is 5.48. The van der Waals surface area contributed by atoms with Gasteiger partial charge in [-0.15, -0.1) is 0 Å². The maximum Gasteiger partial charge on any atom is 0.309 e. The lowest BCUT2D eigenvalue weighted by molar-refractivity contribution is -0.836. The quantitative estimate of drug-likeness (QED) is 0.517. The van der Waals surface area contributed by atoms with Gasteiger partial charge < -0.3 is 10.3 Å². The first kappa shape index (κ1) is 16.0. The van der Waals surface area contributed by atoms with Crippen LogP contribution < -0.4 is 10.2 Å². The van der Waals surface area contributed by atoms with Gasteiger partial charge in [-0.05, 0) is 29.0 Å². The molecule has 0 fully saturated rings. The van der Waals surface area contributed by atoms with Gasteiger partial charge in [-0.3, -0.25) is 4.90 Å². The highest BCUT2D eigenvalue weighted by molar-refractivity contribution is 5.96. The van der Waals surface area contributed by atoms with E-state index in [4.69, 9.17) is 0 Å².